The third kappa shape index (κ3) is 8.54. The van der Waals surface area contributed by atoms with Gasteiger partial charge in [0, 0.05) is 19.0 Å². The van der Waals surface area contributed by atoms with E-state index in [9.17, 15) is 19.8 Å². The number of aliphatic hydroxyl groups excluding tert-OH is 1. The highest BCUT2D eigenvalue weighted by Gasteiger charge is 2.26. The van der Waals surface area contributed by atoms with E-state index in [1.54, 1.807) is 12.1 Å². The van der Waals surface area contributed by atoms with Crippen molar-refractivity contribution in [1.29, 1.82) is 0 Å². The van der Waals surface area contributed by atoms with Crippen LogP contribution in [0.2, 0.25) is 0 Å². The average Bonchev–Trinajstić information content (AvgIpc) is 2.76. The van der Waals surface area contributed by atoms with E-state index in [-0.39, 0.29) is 23.7 Å². The second kappa shape index (κ2) is 13.8. The van der Waals surface area contributed by atoms with Gasteiger partial charge in [-0.1, -0.05) is 51.3 Å². The van der Waals surface area contributed by atoms with Crippen molar-refractivity contribution in [2.45, 2.75) is 83.8 Å². The number of benzene rings is 1. The summed E-state index contributed by atoms with van der Waals surface area (Å²) >= 11 is 0. The number of aliphatic hydroxyl groups is 1. The monoisotopic (exact) mass is 447 g/mol. The molecule has 0 saturated heterocycles. The molecule has 2 rings (SSSR count). The van der Waals surface area contributed by atoms with E-state index in [0.717, 1.165) is 44.1 Å². The molecule has 0 radical (unpaired) electrons. The zero-order valence-corrected chi connectivity index (χ0v) is 19.2. The molecule has 1 aliphatic heterocycles. The van der Waals surface area contributed by atoms with Gasteiger partial charge in [-0.05, 0) is 43.2 Å². The number of nitrogens with one attached hydrogen (secondary N) is 1. The molecule has 7 heteroatoms. The third-order valence-electron chi connectivity index (χ3n) is 5.82. The number of cyclic esters (lactones) is 1. The predicted octanol–water partition coefficient (Wildman–Crippen LogP) is 4.85. The second-order valence-electron chi connectivity index (χ2n) is 8.49. The van der Waals surface area contributed by atoms with E-state index in [1.165, 1.54) is 12.3 Å². The van der Waals surface area contributed by atoms with Gasteiger partial charge in [0.1, 0.15) is 17.4 Å². The minimum absolute atomic E-state index is 0.0829. The molecule has 32 heavy (non-hydrogen) atoms. The number of aryl methyl sites for hydroxylation is 1. The minimum Gasteiger partial charge on any atom is -0.507 e. The van der Waals surface area contributed by atoms with Gasteiger partial charge in [0.15, 0.2) is 0 Å². The van der Waals surface area contributed by atoms with Crippen LogP contribution < -0.4 is 5.32 Å². The molecule has 0 bridgehead atoms. The van der Waals surface area contributed by atoms with Crippen LogP contribution in [0.25, 0.3) is 0 Å². The van der Waals surface area contributed by atoms with Crippen LogP contribution >= 0.6 is 0 Å². The Kier molecular flexibility index (Phi) is 11.1. The standard InChI is InChI=1S/C25H37NO6/c1-3-4-7-16-31-25(30)26-15-9-13-20-17-22(28)18(2)10-5-6-11-19-12-8-14-21(27)23(19)24(29)32-20/h8-9,12,14-15,18,20,22,27-28H,3-7,10-11,13,16-17H2,1-2H3,(H,26,30)/b15-9+/t18-,20-,22+/m0/s1. The van der Waals surface area contributed by atoms with Gasteiger partial charge in [-0.25, -0.2) is 9.59 Å². The number of rotatable bonds is 7. The van der Waals surface area contributed by atoms with Crippen molar-refractivity contribution < 1.29 is 29.3 Å². The van der Waals surface area contributed by atoms with E-state index in [0.29, 0.717) is 19.4 Å². The molecule has 1 aromatic rings. The van der Waals surface area contributed by atoms with Crippen LogP contribution in [0.1, 0.15) is 81.1 Å². The number of amides is 1. The fraction of sp³-hybridized carbons (Fsp3) is 0.600. The van der Waals surface area contributed by atoms with E-state index >= 15 is 0 Å². The number of alkyl carbamates (subject to hydrolysis) is 1. The van der Waals surface area contributed by atoms with Crippen molar-refractivity contribution >= 4 is 12.1 Å². The Morgan fingerprint density at radius 3 is 2.91 bits per heavy atom. The highest BCUT2D eigenvalue weighted by molar-refractivity contribution is 5.94. The van der Waals surface area contributed by atoms with Crippen molar-refractivity contribution in [3.8, 4) is 5.75 Å². The zero-order valence-electron chi connectivity index (χ0n) is 19.2. The first kappa shape index (κ1) is 25.7. The number of unbranched alkanes of at least 4 members (excludes halogenated alkanes) is 2. The second-order valence-corrected chi connectivity index (χ2v) is 8.49. The predicted molar refractivity (Wildman–Crippen MR) is 122 cm³/mol. The van der Waals surface area contributed by atoms with Gasteiger partial charge in [-0.2, -0.15) is 0 Å². The molecule has 0 aliphatic carbocycles. The number of carbonyl (C=O) groups is 2. The summed E-state index contributed by atoms with van der Waals surface area (Å²) in [7, 11) is 0. The number of hydrogen-bond acceptors (Lipinski definition) is 6. The van der Waals surface area contributed by atoms with Crippen LogP contribution in [-0.4, -0.2) is 41.1 Å². The Labute approximate surface area is 190 Å². The van der Waals surface area contributed by atoms with Crippen LogP contribution in [0.4, 0.5) is 4.79 Å². The number of fused-ring (bicyclic) bond motifs is 1. The van der Waals surface area contributed by atoms with Crippen molar-refractivity contribution in [2.75, 3.05) is 6.61 Å². The van der Waals surface area contributed by atoms with Crippen LogP contribution in [-0.2, 0) is 15.9 Å². The number of ether oxygens (including phenoxy) is 2. The minimum atomic E-state index is -0.610. The van der Waals surface area contributed by atoms with Gasteiger partial charge in [0.2, 0.25) is 0 Å². The molecular formula is C25H37NO6. The molecule has 3 atom stereocenters. The lowest BCUT2D eigenvalue weighted by Gasteiger charge is -2.25. The molecule has 178 valence electrons. The maximum atomic E-state index is 12.9. The summed E-state index contributed by atoms with van der Waals surface area (Å²) in [4.78, 5) is 24.6. The summed E-state index contributed by atoms with van der Waals surface area (Å²) in [6.07, 6.45) is 8.23. The average molecular weight is 448 g/mol. The molecule has 1 heterocycles. The van der Waals surface area contributed by atoms with Crippen molar-refractivity contribution in [2.24, 2.45) is 5.92 Å². The van der Waals surface area contributed by atoms with Crippen molar-refractivity contribution in [3.05, 3.63) is 41.6 Å². The first-order chi connectivity index (χ1) is 15.4. The maximum Gasteiger partial charge on any atom is 0.411 e. The maximum absolute atomic E-state index is 12.9. The summed E-state index contributed by atoms with van der Waals surface area (Å²) in [5.74, 6) is -0.611. The lowest BCUT2D eigenvalue weighted by molar-refractivity contribution is 0.00529. The van der Waals surface area contributed by atoms with Gasteiger partial charge in [0.05, 0.1) is 12.7 Å². The number of phenolic OH excluding ortho intramolecular Hbond substituents is 1. The molecule has 0 unspecified atom stereocenters. The first-order valence-electron chi connectivity index (χ1n) is 11.7. The molecule has 1 aromatic carbocycles. The first-order valence-corrected chi connectivity index (χ1v) is 11.7. The van der Waals surface area contributed by atoms with Crippen LogP contribution in [0.5, 0.6) is 5.75 Å². The van der Waals surface area contributed by atoms with Crippen LogP contribution in [0.3, 0.4) is 0 Å². The summed E-state index contributed by atoms with van der Waals surface area (Å²) in [5, 5.41) is 23.4. The largest absolute Gasteiger partial charge is 0.507 e. The molecule has 0 aromatic heterocycles. The number of esters is 1. The smallest absolute Gasteiger partial charge is 0.411 e. The molecular weight excluding hydrogens is 410 g/mol. The van der Waals surface area contributed by atoms with Crippen molar-refractivity contribution in [3.63, 3.8) is 0 Å². The summed E-state index contributed by atoms with van der Waals surface area (Å²) in [6, 6.07) is 5.05. The molecule has 1 aliphatic rings. The van der Waals surface area contributed by atoms with E-state index < -0.39 is 24.3 Å². The van der Waals surface area contributed by atoms with Crippen LogP contribution in [0.15, 0.2) is 30.5 Å². The van der Waals surface area contributed by atoms with Crippen molar-refractivity contribution in [1.82, 2.24) is 5.32 Å². The Balaban J connectivity index is 2.03. The molecule has 7 nitrogen and oxygen atoms in total. The topological polar surface area (TPSA) is 105 Å². The number of phenols is 1. The van der Waals surface area contributed by atoms with Gasteiger partial charge < -0.3 is 19.7 Å². The molecule has 1 amide bonds. The summed E-state index contributed by atoms with van der Waals surface area (Å²) in [5.41, 5.74) is 0.962. The zero-order chi connectivity index (χ0) is 23.3. The molecule has 0 fully saturated rings. The Hall–Kier alpha value is -2.54. The van der Waals surface area contributed by atoms with E-state index in [4.69, 9.17) is 9.47 Å². The fourth-order valence-electron chi connectivity index (χ4n) is 3.81. The lowest BCUT2D eigenvalue weighted by atomic mass is 9.91. The van der Waals surface area contributed by atoms with Gasteiger partial charge in [0.25, 0.3) is 0 Å². The Morgan fingerprint density at radius 1 is 1.31 bits per heavy atom. The van der Waals surface area contributed by atoms with Gasteiger partial charge in [-0.3, -0.25) is 5.32 Å². The Morgan fingerprint density at radius 2 is 2.12 bits per heavy atom. The summed E-state index contributed by atoms with van der Waals surface area (Å²) in [6.45, 7) is 4.46. The van der Waals surface area contributed by atoms with E-state index in [2.05, 4.69) is 12.2 Å². The molecule has 0 spiro atoms. The van der Waals surface area contributed by atoms with Gasteiger partial charge >= 0.3 is 12.1 Å². The number of hydrogen-bond donors (Lipinski definition) is 3. The summed E-state index contributed by atoms with van der Waals surface area (Å²) < 4.78 is 10.8. The quantitative estimate of drug-likeness (QED) is 0.408. The van der Waals surface area contributed by atoms with Crippen LogP contribution in [0, 0.1) is 5.92 Å². The SMILES string of the molecule is CCCCCOC(=O)N/C=C/C[C@H]1C[C@@H](O)[C@@H](C)CCCCc2cccc(O)c2C(=O)O1. The fourth-order valence-corrected chi connectivity index (χ4v) is 3.81. The Bertz CT molecular complexity index is 763. The normalized spacial score (nSPS) is 22.3. The number of carbonyl (C=O) groups excluding carboxylic acids is 2. The third-order valence-corrected chi connectivity index (χ3v) is 5.82. The molecule has 3 N–H and O–H groups in total. The molecule has 0 saturated carbocycles. The highest BCUT2D eigenvalue weighted by atomic mass is 16.5. The van der Waals surface area contributed by atoms with Gasteiger partial charge in [-0.15, -0.1) is 0 Å². The highest BCUT2D eigenvalue weighted by Crippen LogP contribution is 2.27. The lowest BCUT2D eigenvalue weighted by Crippen LogP contribution is -2.28. The number of aromatic hydroxyl groups is 1. The van der Waals surface area contributed by atoms with E-state index in [1.807, 2.05) is 13.0 Å².